The molecule has 0 bridgehead atoms. The van der Waals surface area contributed by atoms with Gasteiger partial charge >= 0.3 is 194 Å². The third kappa shape index (κ3) is 30.8. The Morgan fingerprint density at radius 1 is 0.602 bits per heavy atom. The maximum atomic E-state index is 12.2. The van der Waals surface area contributed by atoms with Gasteiger partial charge in [0.25, 0.3) is 0 Å². The van der Waals surface area contributed by atoms with Crippen LogP contribution in [0, 0.1) is 0 Å². The number of oxime groups is 3. The summed E-state index contributed by atoms with van der Waals surface area (Å²) < 4.78 is 75.3. The number of amides is 2. The van der Waals surface area contributed by atoms with Crippen LogP contribution in [-0.4, -0.2) is 171 Å². The molecule has 5 heterocycles. The molecule has 5 aliphatic heterocycles. The second-order valence-corrected chi connectivity index (χ2v) is 49.3. The zero-order valence-corrected chi connectivity index (χ0v) is 62.5. The molecular weight excluding hydrogens is 1540 g/mol. The third-order valence-electron chi connectivity index (χ3n) is 12.6. The molecule has 3 unspecified atom stereocenters. The minimum atomic E-state index is -5.67. The van der Waals surface area contributed by atoms with Gasteiger partial charge in [-0.3, -0.25) is 0 Å². The fourth-order valence-electron chi connectivity index (χ4n) is 7.97. The Balaban J connectivity index is -0.00000107. The standard InChI is InChI=1S/C21H28N2O3.C11H12BrNO.C11H16F3NO5S.C11H12NO.5CH4.6CH3.3Sn.H/c1-5-18-14-19(22-26-18)17-8-6-15(7-9-17)16-10-12-23(13-11-16)20(24)25-21(2,3)4;1-2-10-7-11(13-14-10)8-3-5-9(12)6-4-8;1-10(2,3)19-9(16)15-6-4-8(5-7-15)20-21(17,18)11(12,13)14;1-2-10-8-11(12-13-10)9-6-4-3-5-7-9;;;;;;;;;;;;;;;/h6-10,18H,5,11-14H2,1-4H3;3-6,10H,2,7H2,1H3;4H,5-7H2,1-3H3;4-7,10H,2,8H2,1H3;5*1H4;6*1H3;;;;. The maximum absolute atomic E-state index is 12.2. The summed E-state index contributed by atoms with van der Waals surface area (Å²) >= 11 is 0.964. The summed E-state index contributed by atoms with van der Waals surface area (Å²) in [6.45, 7) is 18.3. The average molecular weight is 1640 g/mol. The van der Waals surface area contributed by atoms with Gasteiger partial charge in [0.1, 0.15) is 29.2 Å². The Morgan fingerprint density at radius 3 is 1.22 bits per heavy atom. The predicted molar refractivity (Wildman–Crippen MR) is 370 cm³/mol. The van der Waals surface area contributed by atoms with Gasteiger partial charge in [-0.15, -0.1) is 0 Å². The Morgan fingerprint density at radius 2 is 0.932 bits per heavy atom. The Hall–Kier alpha value is -3.49. The van der Waals surface area contributed by atoms with Crippen LogP contribution in [0.5, 0.6) is 0 Å². The van der Waals surface area contributed by atoms with Crippen molar-refractivity contribution in [2.24, 2.45) is 15.5 Å². The van der Waals surface area contributed by atoms with Crippen molar-refractivity contribution in [3.8, 4) is 0 Å². The Kier molecular flexibility index (Phi) is 40.8. The predicted octanol–water partition coefficient (Wildman–Crippen LogP) is 17.4. The molecule has 0 aromatic heterocycles. The van der Waals surface area contributed by atoms with Crippen molar-refractivity contribution < 1.29 is 59.3 Å². The molecule has 0 saturated carbocycles. The molecule has 0 N–H and O–H groups in total. The van der Waals surface area contributed by atoms with E-state index >= 15 is 0 Å². The van der Waals surface area contributed by atoms with E-state index in [0.29, 0.717) is 13.1 Å². The van der Waals surface area contributed by atoms with E-state index in [2.05, 4.69) is 153 Å². The molecule has 8 rings (SSSR count). The third-order valence-corrected chi connectivity index (χ3v) is 20.0. The second-order valence-electron chi connectivity index (χ2n) is 23.8. The number of nitrogens with zero attached hydrogens (tertiary/aromatic N) is 5. The van der Waals surface area contributed by atoms with Gasteiger partial charge < -0.3 is 33.1 Å². The van der Waals surface area contributed by atoms with Crippen molar-refractivity contribution in [3.05, 3.63) is 117 Å². The van der Waals surface area contributed by atoms with Crippen molar-refractivity contribution in [2.75, 3.05) is 26.2 Å². The van der Waals surface area contributed by atoms with Crippen molar-refractivity contribution in [3.63, 3.8) is 0 Å². The van der Waals surface area contributed by atoms with Gasteiger partial charge in [-0.2, -0.15) is 21.6 Å². The second kappa shape index (κ2) is 40.5. The summed E-state index contributed by atoms with van der Waals surface area (Å²) in [6, 6.07) is 25.6. The molecule has 0 aliphatic carbocycles. The molecule has 3 aromatic rings. The van der Waals surface area contributed by atoms with E-state index in [1.807, 2.05) is 32.9 Å². The number of benzene rings is 3. The van der Waals surface area contributed by atoms with Crippen LogP contribution in [0.1, 0.15) is 173 Å². The Bertz CT molecular complexity index is 2830. The molecule has 5 aliphatic rings. The van der Waals surface area contributed by atoms with Crippen molar-refractivity contribution in [1.29, 1.82) is 0 Å². The molecule has 88 heavy (non-hydrogen) atoms. The van der Waals surface area contributed by atoms with Crippen LogP contribution in [0.15, 0.2) is 111 Å². The van der Waals surface area contributed by atoms with Crippen molar-refractivity contribution >= 4 is 127 Å². The molecule has 0 fully saturated rings. The van der Waals surface area contributed by atoms with Gasteiger partial charge in [0.05, 0.1) is 11.4 Å². The summed E-state index contributed by atoms with van der Waals surface area (Å²) in [7, 11) is -5.67. The molecule has 23 heteroatoms. The minimum absolute atomic E-state index is 0. The zero-order valence-electron chi connectivity index (χ0n) is 51.1. The molecule has 4 radical (unpaired) electrons. The zero-order chi connectivity index (χ0) is 61.2. The molecule has 3 atom stereocenters. The Labute approximate surface area is 565 Å². The van der Waals surface area contributed by atoms with Crippen molar-refractivity contribution in [2.45, 2.75) is 215 Å². The fraction of sp³-hybridized carbons (Fsp3) is 0.585. The van der Waals surface area contributed by atoms with E-state index in [4.69, 9.17) is 24.0 Å². The summed E-state index contributed by atoms with van der Waals surface area (Å²) in [5, 5.41) is 12.5. The topological polar surface area (TPSA) is 167 Å². The van der Waals surface area contributed by atoms with E-state index in [-0.39, 0.29) is 111 Å². The monoisotopic (exact) mass is 1650 g/mol. The fourth-order valence-corrected chi connectivity index (χ4v) is 12.1. The summed E-state index contributed by atoms with van der Waals surface area (Å²) in [5.74, 6) is -0.341. The van der Waals surface area contributed by atoms with E-state index in [0.717, 1.165) is 83.8 Å². The van der Waals surface area contributed by atoms with Gasteiger partial charge in [0, 0.05) is 49.9 Å². The summed E-state index contributed by atoms with van der Waals surface area (Å²) in [4.78, 5) is 57.3. The number of hydrogen-bond donors (Lipinski definition) is 0. The molecular formula is C65H107BrF3N5O10SSn3. The van der Waals surface area contributed by atoms with E-state index < -0.39 is 71.1 Å². The van der Waals surface area contributed by atoms with Gasteiger partial charge in [-0.25, -0.2) is 9.59 Å². The van der Waals surface area contributed by atoms with Crippen LogP contribution in [0.4, 0.5) is 22.8 Å². The average Bonchev–Trinajstić information content (AvgIpc) is 3.69. The van der Waals surface area contributed by atoms with Crippen LogP contribution < -0.4 is 3.58 Å². The number of carbonyl (C=O) groups is 2. The van der Waals surface area contributed by atoms with Gasteiger partial charge in [-0.05, 0) is 101 Å². The molecule has 3 aromatic carbocycles. The molecule has 0 spiro atoms. The number of halogens is 4. The molecule has 0 saturated heterocycles. The number of alkyl halides is 3. The number of rotatable bonds is 10. The quantitative estimate of drug-likeness (QED) is 0.108. The van der Waals surface area contributed by atoms with Gasteiger partial charge in [-0.1, -0.05) is 120 Å². The first-order chi connectivity index (χ1) is 38.2. The van der Waals surface area contributed by atoms with Gasteiger partial charge in [0.15, 0.2) is 0 Å². The normalized spacial score (nSPS) is 17.6. The number of hydrogen-bond acceptors (Lipinski definition) is 13. The summed E-state index contributed by atoms with van der Waals surface area (Å²) in [6.07, 6.45) is 9.60. The first kappa shape index (κ1) is 88.7. The van der Waals surface area contributed by atoms with E-state index in [1.165, 1.54) is 21.6 Å². The SMILES string of the molecule is C.C.C.C.C.CC(C)(C)OC(=O)N1CC=C(OS(=O)(=O)C(F)(F)F)CC1.CCC1CC(c2cc[c]([Sn]([CH3])([CH3])[CH3])cc2)=NO1.CCC1CC(c2ccc(Br)cc2)=NO1.CCC1CC(c2ccc(C3=CCN(C(=O)OC(C)(C)C)CC3)cc2)=NO1.[CH3][Sn]([CH3])[CH3].[SnH]. The molecule has 15 nitrogen and oxygen atoms in total. The van der Waals surface area contributed by atoms with Crippen LogP contribution in [-0.2, 0) is 38.3 Å². The van der Waals surface area contributed by atoms with Crippen molar-refractivity contribution in [1.82, 2.24) is 9.80 Å². The van der Waals surface area contributed by atoms with E-state index in [9.17, 15) is 31.2 Å². The van der Waals surface area contributed by atoms with Gasteiger partial charge in [0.2, 0.25) is 0 Å². The first-order valence-corrected chi connectivity index (χ1v) is 48.7. The van der Waals surface area contributed by atoms with E-state index in [1.54, 1.807) is 29.3 Å². The summed E-state index contributed by atoms with van der Waals surface area (Å²) in [5.41, 5.74) is 2.53. The van der Waals surface area contributed by atoms with Crippen LogP contribution in [0.25, 0.3) is 5.57 Å². The van der Waals surface area contributed by atoms with Crippen LogP contribution in [0.2, 0.25) is 29.6 Å². The van der Waals surface area contributed by atoms with Crippen LogP contribution in [0.3, 0.4) is 0 Å². The van der Waals surface area contributed by atoms with Crippen LogP contribution >= 0.6 is 15.9 Å². The molecule has 2 amide bonds. The molecule has 498 valence electrons. The number of carbonyl (C=O) groups excluding carboxylic acids is 2. The number of ether oxygens (including phenoxy) is 2. The first-order valence-electron chi connectivity index (χ1n) is 28.0.